The lowest BCUT2D eigenvalue weighted by Gasteiger charge is -2.29. The summed E-state index contributed by atoms with van der Waals surface area (Å²) in [5.41, 5.74) is 6.89. The van der Waals surface area contributed by atoms with Gasteiger partial charge in [0.25, 0.3) is 0 Å². The Morgan fingerprint density at radius 2 is 1.67 bits per heavy atom. The molecule has 2 aromatic rings. The molecule has 0 unspecified atom stereocenters. The molecule has 0 spiro atoms. The van der Waals surface area contributed by atoms with Gasteiger partial charge < -0.3 is 19.6 Å². The van der Waals surface area contributed by atoms with Crippen molar-refractivity contribution < 1.29 is 32.3 Å². The van der Waals surface area contributed by atoms with Crippen LogP contribution in [0.2, 0.25) is 19.6 Å². The SMILES string of the molecule is C[Si-](C)(C)OCCOC(=O)[C@@H](N)C[C@H](Cc1ccc(F)cc1F)C(=O)OCc1ccccc1. The molecule has 0 bridgehead atoms. The predicted octanol–water partition coefficient (Wildman–Crippen LogP) is 3.98. The summed E-state index contributed by atoms with van der Waals surface area (Å²) in [6.45, 7) is 6.38. The minimum Gasteiger partial charge on any atom is -0.563 e. The zero-order valence-electron chi connectivity index (χ0n) is 19.2. The van der Waals surface area contributed by atoms with Crippen LogP contribution in [0.3, 0.4) is 0 Å². The summed E-state index contributed by atoms with van der Waals surface area (Å²) < 4.78 is 43.6. The number of ether oxygens (including phenoxy) is 2. The average Bonchev–Trinajstić information content (AvgIpc) is 2.76. The number of hydrogen-bond donors (Lipinski definition) is 1. The normalized spacial score (nSPS) is 13.3. The van der Waals surface area contributed by atoms with Crippen LogP contribution < -0.4 is 5.73 Å². The molecule has 2 aromatic carbocycles. The Morgan fingerprint density at radius 1 is 0.970 bits per heavy atom. The van der Waals surface area contributed by atoms with Gasteiger partial charge in [0, 0.05) is 12.7 Å². The van der Waals surface area contributed by atoms with Gasteiger partial charge >= 0.3 is 11.9 Å². The second-order valence-electron chi connectivity index (χ2n) is 8.70. The van der Waals surface area contributed by atoms with Crippen LogP contribution in [-0.2, 0) is 36.5 Å². The Morgan fingerprint density at radius 3 is 2.30 bits per heavy atom. The molecule has 0 saturated carbocycles. The molecular formula is C24H31F2NO5Si-. The van der Waals surface area contributed by atoms with Gasteiger partial charge in [-0.05, 0) is 38.4 Å². The topological polar surface area (TPSA) is 87.9 Å². The van der Waals surface area contributed by atoms with Gasteiger partial charge in [0.1, 0.15) is 30.9 Å². The molecule has 0 radical (unpaired) electrons. The number of esters is 2. The number of nitrogens with two attached hydrogens (primary N) is 1. The summed E-state index contributed by atoms with van der Waals surface area (Å²) in [5, 5.41) is 0. The lowest BCUT2D eigenvalue weighted by molar-refractivity contribution is -0.152. The van der Waals surface area contributed by atoms with Gasteiger partial charge in [0.15, 0.2) is 0 Å². The molecule has 0 aliphatic carbocycles. The molecule has 2 rings (SSSR count). The van der Waals surface area contributed by atoms with E-state index >= 15 is 0 Å². The van der Waals surface area contributed by atoms with Gasteiger partial charge in [-0.25, -0.2) is 8.78 Å². The quantitative estimate of drug-likeness (QED) is 0.282. The van der Waals surface area contributed by atoms with Crippen molar-refractivity contribution in [1.82, 2.24) is 0 Å². The van der Waals surface area contributed by atoms with Crippen molar-refractivity contribution >= 4 is 20.3 Å². The molecule has 33 heavy (non-hydrogen) atoms. The van der Waals surface area contributed by atoms with E-state index in [1.807, 2.05) is 37.8 Å². The maximum absolute atomic E-state index is 14.2. The minimum atomic E-state index is -1.73. The highest BCUT2D eigenvalue weighted by Gasteiger charge is 2.28. The molecule has 0 aliphatic rings. The van der Waals surface area contributed by atoms with Crippen LogP contribution >= 0.6 is 0 Å². The van der Waals surface area contributed by atoms with Crippen LogP contribution in [0.25, 0.3) is 0 Å². The van der Waals surface area contributed by atoms with E-state index in [1.54, 1.807) is 12.1 Å². The van der Waals surface area contributed by atoms with E-state index in [0.717, 1.165) is 17.7 Å². The molecule has 9 heteroatoms. The summed E-state index contributed by atoms with van der Waals surface area (Å²) in [5.74, 6) is -3.74. The molecule has 0 aliphatic heterocycles. The number of halogens is 2. The molecule has 181 valence electrons. The van der Waals surface area contributed by atoms with Crippen LogP contribution in [-0.4, -0.2) is 39.5 Å². The van der Waals surface area contributed by atoms with Gasteiger partial charge in [-0.1, -0.05) is 36.4 Å². The molecule has 0 heterocycles. The van der Waals surface area contributed by atoms with Crippen LogP contribution in [0.5, 0.6) is 0 Å². The van der Waals surface area contributed by atoms with Crippen molar-refractivity contribution in [1.29, 1.82) is 0 Å². The molecule has 0 amide bonds. The number of rotatable bonds is 12. The third-order valence-corrected chi connectivity index (χ3v) is 5.81. The fourth-order valence-electron chi connectivity index (χ4n) is 3.06. The minimum absolute atomic E-state index is 0.0236. The fraction of sp³-hybridized carbons (Fsp3) is 0.417. The van der Waals surface area contributed by atoms with Gasteiger partial charge in [-0.2, -0.15) is 0 Å². The maximum atomic E-state index is 14.2. The van der Waals surface area contributed by atoms with Gasteiger partial charge in [-0.15, -0.1) is 19.6 Å². The Balaban J connectivity index is 2.02. The van der Waals surface area contributed by atoms with Crippen molar-refractivity contribution in [2.24, 2.45) is 11.7 Å². The summed E-state index contributed by atoms with van der Waals surface area (Å²) in [7, 11) is -1.73. The van der Waals surface area contributed by atoms with Crippen molar-refractivity contribution in [3.8, 4) is 0 Å². The molecule has 2 N–H and O–H groups in total. The van der Waals surface area contributed by atoms with E-state index in [9.17, 15) is 18.4 Å². The average molecular weight is 480 g/mol. The van der Waals surface area contributed by atoms with Crippen LogP contribution in [0.15, 0.2) is 48.5 Å². The Bertz CT molecular complexity index is 921. The highest BCUT2D eigenvalue weighted by atomic mass is 28.4. The van der Waals surface area contributed by atoms with Crippen LogP contribution in [0.4, 0.5) is 8.78 Å². The van der Waals surface area contributed by atoms with Gasteiger partial charge in [-0.3, -0.25) is 9.59 Å². The molecule has 0 fully saturated rings. The molecule has 6 nitrogen and oxygen atoms in total. The van der Waals surface area contributed by atoms with Crippen LogP contribution in [0, 0.1) is 17.6 Å². The highest BCUT2D eigenvalue weighted by Crippen LogP contribution is 2.20. The molecule has 0 saturated heterocycles. The molecular weight excluding hydrogens is 448 g/mol. The number of carbonyl (C=O) groups is 2. The lowest BCUT2D eigenvalue weighted by atomic mass is 9.92. The number of hydrogen-bond acceptors (Lipinski definition) is 6. The van der Waals surface area contributed by atoms with E-state index in [2.05, 4.69) is 0 Å². The zero-order chi connectivity index (χ0) is 24.4. The van der Waals surface area contributed by atoms with Crippen molar-refractivity contribution in [3.63, 3.8) is 0 Å². The van der Waals surface area contributed by atoms with Crippen molar-refractivity contribution in [2.75, 3.05) is 13.2 Å². The second kappa shape index (κ2) is 12.6. The fourth-order valence-corrected chi connectivity index (χ4v) is 3.76. The van der Waals surface area contributed by atoms with Crippen LogP contribution in [0.1, 0.15) is 17.5 Å². The number of benzene rings is 2. The lowest BCUT2D eigenvalue weighted by Crippen LogP contribution is -2.38. The summed E-state index contributed by atoms with van der Waals surface area (Å²) in [4.78, 5) is 25.1. The van der Waals surface area contributed by atoms with Gasteiger partial charge in [0.2, 0.25) is 0 Å². The van der Waals surface area contributed by atoms with E-state index in [4.69, 9.17) is 19.6 Å². The van der Waals surface area contributed by atoms with E-state index in [1.165, 1.54) is 6.07 Å². The summed E-state index contributed by atoms with van der Waals surface area (Å²) >= 11 is 0. The molecule has 0 aromatic heterocycles. The standard InChI is InChI=1S/C24H31F2NO5Si/c1-33(2,3)32-12-11-30-24(29)22(27)14-19(13-18-9-10-20(25)15-21(18)26)23(28)31-16-17-7-5-4-6-8-17/h4-10,15,19,22H,11-14,16,27H2,1-3H3/q-1/t19-,22-/m0/s1. The third-order valence-electron chi connectivity index (χ3n) is 4.74. The van der Waals surface area contributed by atoms with Crippen molar-refractivity contribution in [3.05, 3.63) is 71.3 Å². The number of carbonyl (C=O) groups excluding carboxylic acids is 2. The smallest absolute Gasteiger partial charge is 0.323 e. The Labute approximate surface area is 194 Å². The second-order valence-corrected chi connectivity index (χ2v) is 13.2. The first-order chi connectivity index (χ1) is 15.5. The third kappa shape index (κ3) is 9.81. The molecule has 2 atom stereocenters. The first-order valence-corrected chi connectivity index (χ1v) is 14.2. The van der Waals surface area contributed by atoms with E-state index in [-0.39, 0.29) is 38.2 Å². The van der Waals surface area contributed by atoms with E-state index < -0.39 is 43.9 Å². The monoisotopic (exact) mass is 479 g/mol. The van der Waals surface area contributed by atoms with Gasteiger partial charge in [0.05, 0.1) is 5.92 Å². The van der Waals surface area contributed by atoms with E-state index in [0.29, 0.717) is 0 Å². The maximum Gasteiger partial charge on any atom is 0.323 e. The summed E-state index contributed by atoms with van der Waals surface area (Å²) in [6.07, 6.45) is -0.211. The first-order valence-electron chi connectivity index (χ1n) is 10.8. The Kier molecular flexibility index (Phi) is 10.1. The zero-order valence-corrected chi connectivity index (χ0v) is 20.2. The first kappa shape index (κ1) is 26.6. The van der Waals surface area contributed by atoms with Crippen molar-refractivity contribution in [2.45, 2.75) is 45.1 Å². The predicted molar refractivity (Wildman–Crippen MR) is 123 cm³/mol. The largest absolute Gasteiger partial charge is 0.563 e. The highest BCUT2D eigenvalue weighted by molar-refractivity contribution is 6.69. The Hall–Kier alpha value is -2.62. The summed E-state index contributed by atoms with van der Waals surface area (Å²) in [6, 6.07) is 11.1.